The van der Waals surface area contributed by atoms with Crippen molar-refractivity contribution >= 4 is 17.6 Å². The first-order chi connectivity index (χ1) is 13.0. The quantitative estimate of drug-likeness (QED) is 0.376. The number of carbonyl (C=O) groups is 3. The molecular weight excluding hydrogens is 364 g/mol. The van der Waals surface area contributed by atoms with Crippen LogP contribution in [0.2, 0.25) is 0 Å². The average Bonchev–Trinajstić information content (AvgIpc) is 2.52. The van der Waals surface area contributed by atoms with Gasteiger partial charge in [0.05, 0.1) is 0 Å². The molecule has 2 N–H and O–H groups in total. The van der Waals surface area contributed by atoms with Gasteiger partial charge in [0.2, 0.25) is 11.8 Å². The number of hydrogen-bond acceptors (Lipinski definition) is 3. The Balaban J connectivity index is 4.76. The summed E-state index contributed by atoms with van der Waals surface area (Å²) in [6, 6.07) is 0. The first kappa shape index (κ1) is 27.6. The molecule has 0 radical (unpaired) electrons. The van der Waals surface area contributed by atoms with E-state index in [9.17, 15) is 14.4 Å². The Morgan fingerprint density at radius 2 is 1.10 bits per heavy atom. The minimum Gasteiger partial charge on any atom is -0.355 e. The van der Waals surface area contributed by atoms with Crippen LogP contribution in [-0.4, -0.2) is 30.7 Å². The van der Waals surface area contributed by atoms with Gasteiger partial charge in [0, 0.05) is 25.9 Å². The molecule has 0 aromatic rings. The molecule has 0 heterocycles. The molecule has 0 fully saturated rings. The van der Waals surface area contributed by atoms with Gasteiger partial charge in [0.1, 0.15) is 11.7 Å². The number of nitrogens with one attached hydrogen (secondary N) is 2. The van der Waals surface area contributed by atoms with Gasteiger partial charge in [-0.15, -0.1) is 0 Å². The van der Waals surface area contributed by atoms with Gasteiger partial charge in [-0.2, -0.15) is 0 Å². The maximum absolute atomic E-state index is 12.7. The Morgan fingerprint density at radius 3 is 1.48 bits per heavy atom. The highest BCUT2D eigenvalue weighted by Crippen LogP contribution is 2.22. The van der Waals surface area contributed by atoms with Crippen LogP contribution in [0.4, 0.5) is 0 Å². The van der Waals surface area contributed by atoms with Crippen molar-refractivity contribution in [2.45, 2.75) is 101 Å². The standard InChI is InChI=1S/C24H46N2O3/c1-22(2,3)14-12-10-11-13-18(27)15-19(20(28)25-16-23(4,5)6)21(29)26-17-24(7,8)9/h19H,10-17H2,1-9H3,(H,25,28)(H,26,29). The molecule has 0 aliphatic heterocycles. The number of unbranched alkanes of at least 4 members (excludes halogenated alkanes) is 2. The fourth-order valence-corrected chi connectivity index (χ4v) is 2.74. The van der Waals surface area contributed by atoms with E-state index in [2.05, 4.69) is 31.4 Å². The lowest BCUT2D eigenvalue weighted by atomic mass is 9.89. The predicted molar refractivity (Wildman–Crippen MR) is 121 cm³/mol. The van der Waals surface area contributed by atoms with Gasteiger partial charge in [-0.1, -0.05) is 75.2 Å². The highest BCUT2D eigenvalue weighted by Gasteiger charge is 2.30. The Bertz CT molecular complexity index is 504. The summed E-state index contributed by atoms with van der Waals surface area (Å²) in [6.07, 6.45) is 4.45. The zero-order chi connectivity index (χ0) is 22.9. The zero-order valence-corrected chi connectivity index (χ0v) is 20.5. The average molecular weight is 411 g/mol. The SMILES string of the molecule is CC(C)(C)CCCCCC(=O)CC(C(=O)NCC(C)(C)C)C(=O)NCC(C)(C)C. The molecule has 5 nitrogen and oxygen atoms in total. The lowest BCUT2D eigenvalue weighted by Gasteiger charge is -2.24. The van der Waals surface area contributed by atoms with Crippen LogP contribution in [0.15, 0.2) is 0 Å². The molecule has 0 aromatic carbocycles. The molecule has 0 unspecified atom stereocenters. The predicted octanol–water partition coefficient (Wildman–Crippen LogP) is 4.88. The number of Topliss-reactive ketones (excluding diaryl/α,β-unsaturated/α-hetero) is 1. The summed E-state index contributed by atoms with van der Waals surface area (Å²) in [6.45, 7) is 19.7. The van der Waals surface area contributed by atoms with Crippen LogP contribution in [0.25, 0.3) is 0 Å². The summed E-state index contributed by atoms with van der Waals surface area (Å²) in [5, 5.41) is 5.69. The maximum Gasteiger partial charge on any atom is 0.233 e. The molecule has 0 saturated heterocycles. The summed E-state index contributed by atoms with van der Waals surface area (Å²) in [7, 11) is 0. The van der Waals surface area contributed by atoms with E-state index in [1.54, 1.807) is 0 Å². The van der Waals surface area contributed by atoms with Crippen LogP contribution in [0, 0.1) is 22.2 Å². The molecular formula is C24H46N2O3. The highest BCUT2D eigenvalue weighted by atomic mass is 16.2. The molecule has 5 heteroatoms. The molecule has 2 amide bonds. The maximum atomic E-state index is 12.7. The molecule has 0 bridgehead atoms. The topological polar surface area (TPSA) is 75.3 Å². The fourth-order valence-electron chi connectivity index (χ4n) is 2.74. The van der Waals surface area contributed by atoms with Gasteiger partial charge in [-0.3, -0.25) is 14.4 Å². The molecule has 0 saturated carbocycles. The van der Waals surface area contributed by atoms with Gasteiger partial charge >= 0.3 is 0 Å². The van der Waals surface area contributed by atoms with E-state index in [4.69, 9.17) is 0 Å². The fraction of sp³-hybridized carbons (Fsp3) is 0.875. The number of hydrogen-bond donors (Lipinski definition) is 2. The van der Waals surface area contributed by atoms with Crippen molar-refractivity contribution in [3.05, 3.63) is 0 Å². The number of amides is 2. The lowest BCUT2D eigenvalue weighted by Crippen LogP contribution is -2.46. The van der Waals surface area contributed by atoms with Crippen LogP contribution in [0.3, 0.4) is 0 Å². The lowest BCUT2D eigenvalue weighted by molar-refractivity contribution is -0.139. The summed E-state index contributed by atoms with van der Waals surface area (Å²) in [5.41, 5.74) is 0.143. The Kier molecular flexibility index (Phi) is 11.1. The minimum absolute atomic E-state index is 0.0115. The first-order valence-electron chi connectivity index (χ1n) is 11.1. The monoisotopic (exact) mass is 410 g/mol. The Labute approximate surface area is 179 Å². The van der Waals surface area contributed by atoms with Crippen molar-refractivity contribution < 1.29 is 14.4 Å². The third-order valence-corrected chi connectivity index (χ3v) is 4.53. The molecule has 0 rings (SSSR count). The Hall–Kier alpha value is -1.39. The molecule has 0 spiro atoms. The van der Waals surface area contributed by atoms with E-state index in [0.29, 0.717) is 24.9 Å². The molecule has 170 valence electrons. The van der Waals surface area contributed by atoms with E-state index in [-0.39, 0.29) is 34.8 Å². The minimum atomic E-state index is -0.957. The van der Waals surface area contributed by atoms with Crippen molar-refractivity contribution in [2.24, 2.45) is 22.2 Å². The van der Waals surface area contributed by atoms with Gasteiger partial charge in [-0.25, -0.2) is 0 Å². The number of ketones is 1. The van der Waals surface area contributed by atoms with E-state index >= 15 is 0 Å². The van der Waals surface area contributed by atoms with Crippen molar-refractivity contribution in [3.8, 4) is 0 Å². The molecule has 0 atom stereocenters. The zero-order valence-electron chi connectivity index (χ0n) is 20.5. The van der Waals surface area contributed by atoms with Crippen molar-refractivity contribution in [3.63, 3.8) is 0 Å². The number of carbonyl (C=O) groups excluding carboxylic acids is 3. The van der Waals surface area contributed by atoms with Crippen LogP contribution in [0.1, 0.15) is 101 Å². The largest absolute Gasteiger partial charge is 0.355 e. The van der Waals surface area contributed by atoms with Crippen LogP contribution in [-0.2, 0) is 14.4 Å². The van der Waals surface area contributed by atoms with Crippen molar-refractivity contribution in [2.75, 3.05) is 13.1 Å². The van der Waals surface area contributed by atoms with Crippen LogP contribution < -0.4 is 10.6 Å². The third kappa shape index (κ3) is 16.1. The van der Waals surface area contributed by atoms with Gasteiger partial charge < -0.3 is 10.6 Å². The van der Waals surface area contributed by atoms with Crippen LogP contribution >= 0.6 is 0 Å². The van der Waals surface area contributed by atoms with Crippen LogP contribution in [0.5, 0.6) is 0 Å². The van der Waals surface area contributed by atoms with Crippen molar-refractivity contribution in [1.29, 1.82) is 0 Å². The smallest absolute Gasteiger partial charge is 0.233 e. The van der Waals surface area contributed by atoms with Crippen molar-refractivity contribution in [1.82, 2.24) is 10.6 Å². The summed E-state index contributed by atoms with van der Waals surface area (Å²) < 4.78 is 0. The Morgan fingerprint density at radius 1 is 0.655 bits per heavy atom. The summed E-state index contributed by atoms with van der Waals surface area (Å²) in [4.78, 5) is 37.8. The molecule has 29 heavy (non-hydrogen) atoms. The first-order valence-corrected chi connectivity index (χ1v) is 11.1. The summed E-state index contributed by atoms with van der Waals surface area (Å²) >= 11 is 0. The second-order valence-corrected chi connectivity index (χ2v) is 12.0. The van der Waals surface area contributed by atoms with E-state index < -0.39 is 5.92 Å². The second kappa shape index (κ2) is 11.7. The van der Waals surface area contributed by atoms with Gasteiger partial charge in [-0.05, 0) is 29.1 Å². The third-order valence-electron chi connectivity index (χ3n) is 4.53. The van der Waals surface area contributed by atoms with Gasteiger partial charge in [0.25, 0.3) is 0 Å². The van der Waals surface area contributed by atoms with E-state index in [0.717, 1.165) is 25.7 Å². The molecule has 0 aliphatic rings. The highest BCUT2D eigenvalue weighted by molar-refractivity contribution is 6.03. The normalized spacial score (nSPS) is 12.8. The number of rotatable bonds is 11. The summed E-state index contributed by atoms with van der Waals surface area (Å²) in [5.74, 6) is -1.68. The second-order valence-electron chi connectivity index (χ2n) is 12.0. The van der Waals surface area contributed by atoms with E-state index in [1.165, 1.54) is 0 Å². The van der Waals surface area contributed by atoms with E-state index in [1.807, 2.05) is 41.5 Å². The molecule has 0 aromatic heterocycles. The van der Waals surface area contributed by atoms with Gasteiger partial charge in [0.15, 0.2) is 0 Å². The molecule has 0 aliphatic carbocycles.